The Hall–Kier alpha value is -14.4. The number of hydrogen-bond acceptors (Lipinski definition) is 10. The van der Waals surface area contributed by atoms with Crippen molar-refractivity contribution in [1.82, 2.24) is 29.9 Å². The Kier molecular flexibility index (Phi) is 17.9. The van der Waals surface area contributed by atoms with Crippen LogP contribution in [0.5, 0.6) is 0 Å². The summed E-state index contributed by atoms with van der Waals surface area (Å²) < 4.78 is 10.5. The maximum Gasteiger partial charge on any atom is 0.0973 e. The van der Waals surface area contributed by atoms with Crippen LogP contribution in [-0.2, 0) is 0 Å². The first-order chi connectivity index (χ1) is 58.4. The van der Waals surface area contributed by atoms with E-state index in [1.165, 1.54) is 114 Å². The van der Waals surface area contributed by atoms with Gasteiger partial charge in [-0.15, -0.1) is 45.3 Å². The molecule has 0 saturated heterocycles. The molecule has 0 N–H and O–H groups in total. The highest BCUT2D eigenvalue weighted by atomic mass is 32.1. The van der Waals surface area contributed by atoms with E-state index in [9.17, 15) is 0 Å². The molecule has 16 aromatic carbocycles. The molecule has 0 saturated carbocycles. The fraction of sp³-hybridized carbons (Fsp3) is 0. The van der Waals surface area contributed by atoms with Crippen LogP contribution in [0.3, 0.4) is 0 Å². The number of hydrogen-bond donors (Lipinski definition) is 0. The van der Waals surface area contributed by atoms with Gasteiger partial charge in [0.25, 0.3) is 0 Å². The summed E-state index contributed by atoms with van der Waals surface area (Å²) in [5.41, 5.74) is 26.0. The Labute approximate surface area is 696 Å². The van der Waals surface area contributed by atoms with Crippen molar-refractivity contribution in [3.63, 3.8) is 0 Å². The number of para-hydroxylation sites is 2. The van der Waals surface area contributed by atoms with E-state index in [1.54, 1.807) is 0 Å². The smallest absolute Gasteiger partial charge is 0.0973 e. The van der Waals surface area contributed by atoms with Gasteiger partial charge in [-0.2, -0.15) is 0 Å². The minimum Gasteiger partial charge on any atom is -0.256 e. The molecule has 118 heavy (non-hydrogen) atoms. The van der Waals surface area contributed by atoms with Crippen LogP contribution in [0.15, 0.2) is 401 Å². The predicted octanol–water partition coefficient (Wildman–Crippen LogP) is 31.0. The number of benzene rings is 16. The minimum absolute atomic E-state index is 0.887. The Balaban J connectivity index is 0.000000107. The van der Waals surface area contributed by atoms with Crippen LogP contribution in [-0.4, -0.2) is 29.9 Å². The second-order valence-electron chi connectivity index (χ2n) is 29.5. The molecule has 552 valence electrons. The Morgan fingerprint density at radius 2 is 0.458 bits per heavy atom. The number of thiophene rings is 4. The van der Waals surface area contributed by atoms with Crippen molar-refractivity contribution in [3.05, 3.63) is 401 Å². The highest BCUT2D eigenvalue weighted by Gasteiger charge is 2.20. The largest absolute Gasteiger partial charge is 0.256 e. The van der Waals surface area contributed by atoms with Crippen molar-refractivity contribution in [2.45, 2.75) is 0 Å². The summed E-state index contributed by atoms with van der Waals surface area (Å²) in [6.07, 6.45) is 1.84. The summed E-state index contributed by atoms with van der Waals surface area (Å²) in [5, 5.41) is 11.5. The first-order valence-corrected chi connectivity index (χ1v) is 42.7. The maximum atomic E-state index is 5.21. The fourth-order valence-electron chi connectivity index (χ4n) is 16.4. The molecule has 0 aliphatic carbocycles. The second kappa shape index (κ2) is 30.1. The molecular weight excluding hydrogens is 1510 g/mol. The standard InChI is InChI=1S/C38H22N2S2.C38H24N2S.C32H20N2S/c1-5-14-33-27(10-1)29-18-16-24(22-36(29)42-33)23-8-7-9-25(20-23)37-38(40-32-13-4-3-12-31(32)39-37)26-17-19-35-30(21-26)28-11-2-6-15-34(28)41-35;1-3-10-25(11-4-1)37-38(26-12-5-2-6-13-26)40-34-23-29(19-21-33(34)39-37)27-14-9-15-28(22-27)30-18-20-32-31-16-7-8-17-35(31)41-36(32)24-30;1-2-8-21(9-3-1)32-27-13-7-17-33-29(27)20-28(34-32)24-11-6-10-22(18-24)23-15-16-26-25-12-4-5-14-30(25)35-31(26)19-23/h1-22H;1-24H;1-20H. The number of rotatable bonds is 10. The average molecular weight is 1580 g/mol. The van der Waals surface area contributed by atoms with Crippen LogP contribution < -0.4 is 0 Å². The van der Waals surface area contributed by atoms with Crippen molar-refractivity contribution in [2.24, 2.45) is 0 Å². The van der Waals surface area contributed by atoms with E-state index >= 15 is 0 Å². The normalized spacial score (nSPS) is 11.6. The highest BCUT2D eigenvalue weighted by Crippen LogP contribution is 2.45. The van der Waals surface area contributed by atoms with E-state index in [1.807, 2.05) is 124 Å². The summed E-state index contributed by atoms with van der Waals surface area (Å²) in [6, 6.07) is 140. The summed E-state index contributed by atoms with van der Waals surface area (Å²) in [7, 11) is 0. The van der Waals surface area contributed by atoms with Gasteiger partial charge in [0.1, 0.15) is 0 Å². The van der Waals surface area contributed by atoms with E-state index in [-0.39, 0.29) is 0 Å². The molecule has 0 atom stereocenters. The lowest BCUT2D eigenvalue weighted by Gasteiger charge is -2.12. The van der Waals surface area contributed by atoms with Crippen molar-refractivity contribution in [3.8, 4) is 112 Å². The minimum atomic E-state index is 0.887. The van der Waals surface area contributed by atoms with Gasteiger partial charge in [-0.25, -0.2) is 24.9 Å². The monoisotopic (exact) mass is 1570 g/mol. The van der Waals surface area contributed by atoms with Gasteiger partial charge in [0.2, 0.25) is 0 Å². The molecule has 0 aliphatic rings. The highest BCUT2D eigenvalue weighted by molar-refractivity contribution is 7.27. The molecular formula is C108H66N6S4. The van der Waals surface area contributed by atoms with E-state index < -0.39 is 0 Å². The zero-order valence-electron chi connectivity index (χ0n) is 63.4. The SMILES string of the molecule is c1cc(-c2ccc3c(c2)sc2ccccc23)cc(-c2nc3ccccc3nc2-c2ccc3sc4ccccc4c3c2)c1.c1ccc(-c2nc(-c3cccc(-c4ccc5c(c4)sc4ccccc45)c3)cc3ncccc23)cc1.c1ccc(-c2nc3ccc(-c4cccc(-c5ccc6c(c5)sc5ccccc56)c4)cc3nc2-c2ccccc2)cc1. The second-order valence-corrected chi connectivity index (χ2v) is 33.9. The van der Waals surface area contributed by atoms with Crippen molar-refractivity contribution < 1.29 is 0 Å². The molecule has 8 heterocycles. The molecule has 6 nitrogen and oxygen atoms in total. The van der Waals surface area contributed by atoms with Crippen LogP contribution in [0.4, 0.5) is 0 Å². The molecule has 0 bridgehead atoms. The molecule has 0 fully saturated rings. The van der Waals surface area contributed by atoms with Crippen LogP contribution in [0.25, 0.3) is 226 Å². The third kappa shape index (κ3) is 13.3. The molecule has 24 aromatic rings. The molecule has 24 rings (SSSR count). The summed E-state index contributed by atoms with van der Waals surface area (Å²) in [6.45, 7) is 0. The van der Waals surface area contributed by atoms with Gasteiger partial charge >= 0.3 is 0 Å². The molecule has 8 aromatic heterocycles. The van der Waals surface area contributed by atoms with E-state index in [0.717, 1.165) is 112 Å². The Morgan fingerprint density at radius 3 is 0.958 bits per heavy atom. The molecule has 0 radical (unpaired) electrons. The third-order valence-corrected chi connectivity index (χ3v) is 26.8. The maximum absolute atomic E-state index is 5.21. The van der Waals surface area contributed by atoms with E-state index in [0.29, 0.717) is 0 Å². The number of pyridine rings is 2. The Morgan fingerprint density at radius 1 is 0.144 bits per heavy atom. The lowest BCUT2D eigenvalue weighted by molar-refractivity contribution is 1.29. The van der Waals surface area contributed by atoms with E-state index in [2.05, 4.69) is 327 Å². The van der Waals surface area contributed by atoms with Crippen molar-refractivity contribution >= 4 is 159 Å². The zero-order valence-corrected chi connectivity index (χ0v) is 66.7. The van der Waals surface area contributed by atoms with Gasteiger partial charge < -0.3 is 0 Å². The van der Waals surface area contributed by atoms with Gasteiger partial charge in [0.05, 0.1) is 61.7 Å². The topological polar surface area (TPSA) is 77.3 Å². The van der Waals surface area contributed by atoms with Gasteiger partial charge in [-0.1, -0.05) is 279 Å². The zero-order chi connectivity index (χ0) is 78.0. The quantitative estimate of drug-likeness (QED) is 0.136. The van der Waals surface area contributed by atoms with Crippen molar-refractivity contribution in [1.29, 1.82) is 0 Å². The van der Waals surface area contributed by atoms with Crippen LogP contribution in [0.1, 0.15) is 0 Å². The molecule has 10 heteroatoms. The number of fused-ring (bicyclic) bond motifs is 15. The van der Waals surface area contributed by atoms with Crippen LogP contribution in [0.2, 0.25) is 0 Å². The van der Waals surface area contributed by atoms with Gasteiger partial charge in [0, 0.05) is 126 Å². The van der Waals surface area contributed by atoms with Crippen molar-refractivity contribution in [2.75, 3.05) is 0 Å². The van der Waals surface area contributed by atoms with Gasteiger partial charge in [-0.05, 0) is 160 Å². The number of aromatic nitrogens is 6. The summed E-state index contributed by atoms with van der Waals surface area (Å²) in [4.78, 5) is 30.5. The third-order valence-electron chi connectivity index (χ3n) is 22.3. The lowest BCUT2D eigenvalue weighted by atomic mass is 9.97. The molecule has 0 aliphatic heterocycles. The molecule has 0 amide bonds. The predicted molar refractivity (Wildman–Crippen MR) is 505 cm³/mol. The van der Waals surface area contributed by atoms with Gasteiger partial charge in [0.15, 0.2) is 0 Å². The van der Waals surface area contributed by atoms with Crippen LogP contribution >= 0.6 is 45.3 Å². The summed E-state index contributed by atoms with van der Waals surface area (Å²) in [5.74, 6) is 0. The summed E-state index contributed by atoms with van der Waals surface area (Å²) >= 11 is 7.40. The fourth-order valence-corrected chi connectivity index (χ4v) is 21.0. The average Bonchev–Trinajstić information content (AvgIpc) is 1.66. The lowest BCUT2D eigenvalue weighted by Crippen LogP contribution is -1.95. The van der Waals surface area contributed by atoms with Gasteiger partial charge in [-0.3, -0.25) is 4.98 Å². The molecule has 0 spiro atoms. The molecule has 0 unspecified atom stereocenters. The van der Waals surface area contributed by atoms with E-state index in [4.69, 9.17) is 24.9 Å². The number of nitrogens with zero attached hydrogens (tertiary/aromatic N) is 6. The first kappa shape index (κ1) is 70.3. The Bertz CT molecular complexity index is 8030. The first-order valence-electron chi connectivity index (χ1n) is 39.4. The van der Waals surface area contributed by atoms with Crippen LogP contribution in [0, 0.1) is 0 Å².